The Labute approximate surface area is 149 Å². The first-order chi connectivity index (χ1) is 11.4. The normalized spacial score (nSPS) is 11.4. The summed E-state index contributed by atoms with van der Waals surface area (Å²) >= 11 is 3.30. The minimum absolute atomic E-state index is 0.367. The van der Waals surface area contributed by atoms with Crippen LogP contribution in [0, 0.1) is 0 Å². The molecular formula is C16H16BrN3O3S. The topological polar surface area (TPSA) is 78.8 Å². The number of rotatable bonds is 6. The number of carbonyl (C=O) groups excluding carboxylic acids is 1. The largest absolute Gasteiger partial charge is 0.271 e. The quantitative estimate of drug-likeness (QED) is 0.587. The van der Waals surface area contributed by atoms with Gasteiger partial charge >= 0.3 is 0 Å². The number of halogens is 1. The molecule has 0 saturated heterocycles. The molecule has 2 rings (SSSR count). The highest BCUT2D eigenvalue weighted by Gasteiger charge is 2.22. The fourth-order valence-electron chi connectivity index (χ4n) is 1.92. The third kappa shape index (κ3) is 5.17. The summed E-state index contributed by atoms with van der Waals surface area (Å²) in [5.41, 5.74) is 3.55. The Morgan fingerprint density at radius 1 is 1.17 bits per heavy atom. The van der Waals surface area contributed by atoms with Crippen LogP contribution in [0.1, 0.15) is 5.56 Å². The molecule has 0 heterocycles. The van der Waals surface area contributed by atoms with Gasteiger partial charge in [-0.15, -0.1) is 0 Å². The summed E-state index contributed by atoms with van der Waals surface area (Å²) in [7, 11) is -3.62. The molecule has 2 aromatic rings. The molecule has 0 spiro atoms. The molecule has 0 fully saturated rings. The van der Waals surface area contributed by atoms with Gasteiger partial charge in [0, 0.05) is 4.47 Å². The van der Waals surface area contributed by atoms with Crippen molar-refractivity contribution in [1.29, 1.82) is 0 Å². The van der Waals surface area contributed by atoms with Crippen molar-refractivity contribution in [3.63, 3.8) is 0 Å². The first kappa shape index (κ1) is 18.2. The number of para-hydroxylation sites is 1. The summed E-state index contributed by atoms with van der Waals surface area (Å²) in [5.74, 6) is -0.539. The van der Waals surface area contributed by atoms with Crippen LogP contribution >= 0.6 is 15.9 Å². The van der Waals surface area contributed by atoms with Crippen molar-refractivity contribution in [3.05, 3.63) is 64.6 Å². The second kappa shape index (κ2) is 8.07. The standard InChI is InChI=1S/C16H16BrN3O3S/c1-24(22,23)20(15-10-6-5-9-14(15)17)12-16(21)19-18-11-13-7-3-2-4-8-13/h2-11H,12H2,1H3,(H,19,21). The second-order valence-corrected chi connectivity index (χ2v) is 7.69. The number of anilines is 1. The summed E-state index contributed by atoms with van der Waals surface area (Å²) in [6.45, 7) is -0.367. The lowest BCUT2D eigenvalue weighted by Gasteiger charge is -2.22. The van der Waals surface area contributed by atoms with Gasteiger partial charge in [0.15, 0.2) is 0 Å². The maximum atomic E-state index is 12.0. The molecule has 0 aromatic heterocycles. The minimum atomic E-state index is -3.62. The molecule has 0 radical (unpaired) electrons. The van der Waals surface area contributed by atoms with Gasteiger partial charge in [-0.2, -0.15) is 5.10 Å². The molecule has 1 amide bonds. The van der Waals surface area contributed by atoms with Gasteiger partial charge in [0.2, 0.25) is 10.0 Å². The molecule has 8 heteroatoms. The molecule has 0 aliphatic rings. The number of benzene rings is 2. The van der Waals surface area contributed by atoms with Gasteiger partial charge in [-0.25, -0.2) is 13.8 Å². The molecular weight excluding hydrogens is 394 g/mol. The van der Waals surface area contributed by atoms with Gasteiger partial charge < -0.3 is 0 Å². The maximum absolute atomic E-state index is 12.0. The van der Waals surface area contributed by atoms with Crippen molar-refractivity contribution in [2.24, 2.45) is 5.10 Å². The van der Waals surface area contributed by atoms with Crippen molar-refractivity contribution < 1.29 is 13.2 Å². The van der Waals surface area contributed by atoms with Gasteiger partial charge in [0.05, 0.1) is 18.2 Å². The lowest BCUT2D eigenvalue weighted by atomic mass is 10.2. The zero-order valence-electron chi connectivity index (χ0n) is 12.9. The monoisotopic (exact) mass is 409 g/mol. The van der Waals surface area contributed by atoms with E-state index in [-0.39, 0.29) is 6.54 Å². The minimum Gasteiger partial charge on any atom is -0.271 e. The van der Waals surface area contributed by atoms with Crippen LogP contribution in [0.15, 0.2) is 64.2 Å². The zero-order chi connectivity index (χ0) is 17.6. The van der Waals surface area contributed by atoms with Gasteiger partial charge in [-0.1, -0.05) is 42.5 Å². The van der Waals surface area contributed by atoms with Crippen molar-refractivity contribution in [2.75, 3.05) is 17.1 Å². The van der Waals surface area contributed by atoms with Crippen LogP contribution in [0.4, 0.5) is 5.69 Å². The Kier molecular flexibility index (Phi) is 6.10. The van der Waals surface area contributed by atoms with Crippen LogP contribution in [0.25, 0.3) is 0 Å². The van der Waals surface area contributed by atoms with E-state index in [0.29, 0.717) is 10.2 Å². The van der Waals surface area contributed by atoms with Crippen LogP contribution in [0.2, 0.25) is 0 Å². The predicted octanol–water partition coefficient (Wildman–Crippen LogP) is 2.37. The Balaban J connectivity index is 2.09. The van der Waals surface area contributed by atoms with Crippen LogP contribution < -0.4 is 9.73 Å². The summed E-state index contributed by atoms with van der Waals surface area (Å²) < 4.78 is 25.6. The SMILES string of the molecule is CS(=O)(=O)N(CC(=O)NN=Cc1ccccc1)c1ccccc1Br. The first-order valence-electron chi connectivity index (χ1n) is 6.97. The number of hydrogen-bond donors (Lipinski definition) is 1. The number of sulfonamides is 1. The van der Waals surface area contributed by atoms with Gasteiger partial charge in [0.1, 0.15) is 6.54 Å². The number of amides is 1. The molecule has 0 saturated carbocycles. The van der Waals surface area contributed by atoms with E-state index >= 15 is 0 Å². The summed E-state index contributed by atoms with van der Waals surface area (Å²) in [6.07, 6.45) is 2.54. The smallest absolute Gasteiger partial charge is 0.260 e. The zero-order valence-corrected chi connectivity index (χ0v) is 15.3. The number of hydrogen-bond acceptors (Lipinski definition) is 4. The van der Waals surface area contributed by atoms with E-state index in [0.717, 1.165) is 16.1 Å². The number of nitrogens with one attached hydrogen (secondary N) is 1. The molecule has 1 N–H and O–H groups in total. The van der Waals surface area contributed by atoms with E-state index in [2.05, 4.69) is 26.5 Å². The molecule has 0 atom stereocenters. The highest BCUT2D eigenvalue weighted by Crippen LogP contribution is 2.27. The van der Waals surface area contributed by atoms with Crippen molar-refractivity contribution >= 4 is 43.8 Å². The maximum Gasteiger partial charge on any atom is 0.260 e. The number of carbonyl (C=O) groups is 1. The lowest BCUT2D eigenvalue weighted by Crippen LogP contribution is -2.39. The first-order valence-corrected chi connectivity index (χ1v) is 9.61. The summed E-state index contributed by atoms with van der Waals surface area (Å²) in [4.78, 5) is 12.0. The Morgan fingerprint density at radius 2 is 1.79 bits per heavy atom. The third-order valence-corrected chi connectivity index (χ3v) is 4.81. The number of nitrogens with zero attached hydrogens (tertiary/aromatic N) is 2. The highest BCUT2D eigenvalue weighted by molar-refractivity contribution is 9.10. The van der Waals surface area contributed by atoms with Crippen LogP contribution in [0.5, 0.6) is 0 Å². The predicted molar refractivity (Wildman–Crippen MR) is 98.5 cm³/mol. The van der Waals surface area contributed by atoms with Crippen molar-refractivity contribution in [2.45, 2.75) is 0 Å². The van der Waals surface area contributed by atoms with Gasteiger partial charge in [0.25, 0.3) is 5.91 Å². The van der Waals surface area contributed by atoms with E-state index in [1.807, 2.05) is 30.3 Å². The summed E-state index contributed by atoms with van der Waals surface area (Å²) in [6, 6.07) is 16.0. The molecule has 0 aliphatic carbocycles. The number of hydrazone groups is 1. The van der Waals surface area contributed by atoms with E-state index < -0.39 is 15.9 Å². The fraction of sp³-hybridized carbons (Fsp3) is 0.125. The molecule has 24 heavy (non-hydrogen) atoms. The average molecular weight is 410 g/mol. The van der Waals surface area contributed by atoms with E-state index in [4.69, 9.17) is 0 Å². The molecule has 6 nitrogen and oxygen atoms in total. The van der Waals surface area contributed by atoms with E-state index in [9.17, 15) is 13.2 Å². The van der Waals surface area contributed by atoms with Crippen molar-refractivity contribution in [1.82, 2.24) is 5.43 Å². The van der Waals surface area contributed by atoms with Crippen molar-refractivity contribution in [3.8, 4) is 0 Å². The molecule has 0 unspecified atom stereocenters. The lowest BCUT2D eigenvalue weighted by molar-refractivity contribution is -0.119. The second-order valence-electron chi connectivity index (χ2n) is 4.92. The highest BCUT2D eigenvalue weighted by atomic mass is 79.9. The molecule has 2 aromatic carbocycles. The average Bonchev–Trinajstić information content (AvgIpc) is 2.53. The van der Waals surface area contributed by atoms with E-state index in [1.54, 1.807) is 24.3 Å². The van der Waals surface area contributed by atoms with Crippen LogP contribution in [-0.4, -0.2) is 33.3 Å². The Hall–Kier alpha value is -2.19. The molecule has 0 aliphatic heterocycles. The third-order valence-electron chi connectivity index (χ3n) is 3.01. The Bertz CT molecular complexity index is 839. The van der Waals surface area contributed by atoms with Gasteiger partial charge in [-0.3, -0.25) is 9.10 Å². The molecule has 0 bridgehead atoms. The van der Waals surface area contributed by atoms with E-state index in [1.165, 1.54) is 6.21 Å². The van der Waals surface area contributed by atoms with Gasteiger partial charge in [-0.05, 0) is 33.6 Å². The van der Waals surface area contributed by atoms with Crippen LogP contribution in [0.3, 0.4) is 0 Å². The van der Waals surface area contributed by atoms with Crippen LogP contribution in [-0.2, 0) is 14.8 Å². The molecule has 126 valence electrons. The Morgan fingerprint density at radius 3 is 2.42 bits per heavy atom. The fourth-order valence-corrected chi connectivity index (χ4v) is 3.40. The summed E-state index contributed by atoms with van der Waals surface area (Å²) in [5, 5.41) is 3.83.